The number of hydrogen-bond acceptors (Lipinski definition) is 6. The Morgan fingerprint density at radius 3 is 2.80 bits per heavy atom. The highest BCUT2D eigenvalue weighted by molar-refractivity contribution is 7.17. The number of ether oxygens (including phenoxy) is 3. The third-order valence-electron chi connectivity index (χ3n) is 2.96. The number of benzene rings is 1. The van der Waals surface area contributed by atoms with Crippen molar-refractivity contribution in [1.29, 1.82) is 0 Å². The summed E-state index contributed by atoms with van der Waals surface area (Å²) in [6.45, 7) is 2.90. The van der Waals surface area contributed by atoms with Crippen LogP contribution in [0.1, 0.15) is 15.4 Å². The topological polar surface area (TPSA) is 57.7 Å². The molecule has 0 bridgehead atoms. The average molecular weight is 291 g/mol. The monoisotopic (exact) mass is 291 g/mol. The molecule has 0 aliphatic carbocycles. The smallest absolute Gasteiger partial charge is 0.349 e. The molecule has 1 aromatic heterocycles. The van der Waals surface area contributed by atoms with Gasteiger partial charge in [-0.3, -0.25) is 0 Å². The zero-order valence-electron chi connectivity index (χ0n) is 11.1. The van der Waals surface area contributed by atoms with Crippen LogP contribution in [0.15, 0.2) is 18.2 Å². The number of methoxy groups -OCH3 is 1. The number of aromatic nitrogens is 1. The molecule has 0 amide bonds. The minimum absolute atomic E-state index is 0.358. The number of hydrogen-bond donors (Lipinski definition) is 0. The van der Waals surface area contributed by atoms with Crippen molar-refractivity contribution in [3.63, 3.8) is 0 Å². The summed E-state index contributed by atoms with van der Waals surface area (Å²) < 4.78 is 15.8. The number of thiazole rings is 1. The van der Waals surface area contributed by atoms with E-state index < -0.39 is 0 Å². The van der Waals surface area contributed by atoms with Gasteiger partial charge in [-0.1, -0.05) is 0 Å². The molecule has 5 nitrogen and oxygen atoms in total. The first kappa shape index (κ1) is 12.9. The molecule has 0 fully saturated rings. The summed E-state index contributed by atoms with van der Waals surface area (Å²) in [7, 11) is 1.37. The van der Waals surface area contributed by atoms with Crippen LogP contribution in [-0.4, -0.2) is 31.3 Å². The third-order valence-corrected chi connectivity index (χ3v) is 4.14. The van der Waals surface area contributed by atoms with Crippen molar-refractivity contribution in [2.45, 2.75) is 6.92 Å². The summed E-state index contributed by atoms with van der Waals surface area (Å²) in [6, 6.07) is 5.65. The first-order valence-electron chi connectivity index (χ1n) is 6.15. The quantitative estimate of drug-likeness (QED) is 0.796. The van der Waals surface area contributed by atoms with E-state index in [-0.39, 0.29) is 5.97 Å². The normalized spacial score (nSPS) is 13.1. The Kier molecular flexibility index (Phi) is 3.31. The van der Waals surface area contributed by atoms with Gasteiger partial charge in [0.1, 0.15) is 23.1 Å². The first-order valence-corrected chi connectivity index (χ1v) is 6.96. The number of nitrogens with zero attached hydrogens (tertiary/aromatic N) is 1. The lowest BCUT2D eigenvalue weighted by Crippen LogP contribution is -2.15. The van der Waals surface area contributed by atoms with Crippen LogP contribution in [0.5, 0.6) is 11.5 Å². The standard InChI is InChI=1S/C14H13NO4S/c1-8-12(14(16)17-2)20-13(15-8)9-3-4-10-11(7-9)19-6-5-18-10/h3-4,7H,5-6H2,1-2H3. The number of rotatable bonds is 2. The molecule has 2 heterocycles. The SMILES string of the molecule is COC(=O)c1sc(-c2ccc3c(c2)OCCO3)nc1C. The molecule has 0 saturated heterocycles. The second-order valence-corrected chi connectivity index (χ2v) is 5.28. The molecule has 0 spiro atoms. The lowest BCUT2D eigenvalue weighted by molar-refractivity contribution is 0.0605. The molecule has 2 aromatic rings. The Labute approximate surface area is 120 Å². The maximum Gasteiger partial charge on any atom is 0.349 e. The molecular formula is C14H13NO4S. The van der Waals surface area contributed by atoms with Gasteiger partial charge < -0.3 is 14.2 Å². The minimum atomic E-state index is -0.358. The molecule has 0 unspecified atom stereocenters. The molecule has 0 N–H and O–H groups in total. The zero-order valence-corrected chi connectivity index (χ0v) is 12.0. The van der Waals surface area contributed by atoms with E-state index >= 15 is 0 Å². The molecule has 1 aliphatic rings. The fourth-order valence-electron chi connectivity index (χ4n) is 1.98. The molecular weight excluding hydrogens is 278 g/mol. The van der Waals surface area contributed by atoms with Crippen molar-refractivity contribution in [2.24, 2.45) is 0 Å². The van der Waals surface area contributed by atoms with Gasteiger partial charge in [0.05, 0.1) is 12.8 Å². The van der Waals surface area contributed by atoms with Crippen LogP contribution in [0.4, 0.5) is 0 Å². The Balaban J connectivity index is 1.99. The Morgan fingerprint density at radius 1 is 1.30 bits per heavy atom. The molecule has 0 atom stereocenters. The Morgan fingerprint density at radius 2 is 2.05 bits per heavy atom. The fraction of sp³-hybridized carbons (Fsp3) is 0.286. The molecule has 20 heavy (non-hydrogen) atoms. The molecule has 0 saturated carbocycles. The number of aryl methyl sites for hydroxylation is 1. The molecule has 3 rings (SSSR count). The lowest BCUT2D eigenvalue weighted by atomic mass is 10.2. The maximum atomic E-state index is 11.6. The van der Waals surface area contributed by atoms with E-state index in [0.717, 1.165) is 16.3 Å². The van der Waals surface area contributed by atoms with Crippen molar-refractivity contribution in [3.05, 3.63) is 28.8 Å². The molecule has 104 valence electrons. The minimum Gasteiger partial charge on any atom is -0.486 e. The van der Waals surface area contributed by atoms with Gasteiger partial charge in [-0.05, 0) is 25.1 Å². The van der Waals surface area contributed by atoms with Crippen LogP contribution in [0.3, 0.4) is 0 Å². The van der Waals surface area contributed by atoms with E-state index in [1.54, 1.807) is 6.92 Å². The number of esters is 1. The average Bonchev–Trinajstić information content (AvgIpc) is 2.88. The fourth-order valence-corrected chi connectivity index (χ4v) is 2.96. The van der Waals surface area contributed by atoms with E-state index in [4.69, 9.17) is 14.2 Å². The second-order valence-electron chi connectivity index (χ2n) is 4.28. The molecule has 0 radical (unpaired) electrons. The molecule has 1 aliphatic heterocycles. The van der Waals surface area contributed by atoms with Crippen molar-refractivity contribution in [1.82, 2.24) is 4.98 Å². The van der Waals surface area contributed by atoms with Gasteiger partial charge in [-0.25, -0.2) is 9.78 Å². The lowest BCUT2D eigenvalue weighted by Gasteiger charge is -2.18. The molecule has 6 heteroatoms. The third kappa shape index (κ3) is 2.22. The first-order chi connectivity index (χ1) is 9.69. The van der Waals surface area contributed by atoms with Crippen molar-refractivity contribution in [3.8, 4) is 22.1 Å². The highest BCUT2D eigenvalue weighted by Crippen LogP contribution is 2.36. The number of carbonyl (C=O) groups excluding carboxylic acids is 1. The predicted octanol–water partition coefficient (Wildman–Crippen LogP) is 2.68. The van der Waals surface area contributed by atoms with Gasteiger partial charge in [0, 0.05) is 5.56 Å². The number of carbonyl (C=O) groups is 1. The van der Waals surface area contributed by atoms with Gasteiger partial charge in [0.2, 0.25) is 0 Å². The summed E-state index contributed by atoms with van der Waals surface area (Å²) in [6.07, 6.45) is 0. The summed E-state index contributed by atoms with van der Waals surface area (Å²) in [5, 5.41) is 0.764. The van der Waals surface area contributed by atoms with Crippen LogP contribution in [0.2, 0.25) is 0 Å². The van der Waals surface area contributed by atoms with Crippen molar-refractivity contribution >= 4 is 17.3 Å². The zero-order chi connectivity index (χ0) is 14.1. The van der Waals surface area contributed by atoms with Crippen LogP contribution in [0, 0.1) is 6.92 Å². The summed E-state index contributed by atoms with van der Waals surface area (Å²) in [5.74, 6) is 1.09. The van der Waals surface area contributed by atoms with Crippen LogP contribution < -0.4 is 9.47 Å². The highest BCUT2D eigenvalue weighted by atomic mass is 32.1. The predicted molar refractivity (Wildman–Crippen MR) is 74.6 cm³/mol. The summed E-state index contributed by atoms with van der Waals surface area (Å²) in [4.78, 5) is 16.6. The molecule has 1 aromatic carbocycles. The van der Waals surface area contributed by atoms with Crippen molar-refractivity contribution in [2.75, 3.05) is 20.3 Å². The van der Waals surface area contributed by atoms with Gasteiger partial charge in [-0.15, -0.1) is 11.3 Å². The number of fused-ring (bicyclic) bond motifs is 1. The Hall–Kier alpha value is -2.08. The van der Waals surface area contributed by atoms with Gasteiger partial charge >= 0.3 is 5.97 Å². The van der Waals surface area contributed by atoms with Gasteiger partial charge in [0.15, 0.2) is 11.5 Å². The summed E-state index contributed by atoms with van der Waals surface area (Å²) >= 11 is 1.31. The van der Waals surface area contributed by atoms with Crippen molar-refractivity contribution < 1.29 is 19.0 Å². The van der Waals surface area contributed by atoms with Gasteiger partial charge in [0.25, 0.3) is 0 Å². The largest absolute Gasteiger partial charge is 0.486 e. The van der Waals surface area contributed by atoms with E-state index in [0.29, 0.717) is 29.5 Å². The van der Waals surface area contributed by atoms with E-state index in [1.807, 2.05) is 18.2 Å². The second kappa shape index (κ2) is 5.13. The van der Waals surface area contributed by atoms with E-state index in [2.05, 4.69) is 4.98 Å². The maximum absolute atomic E-state index is 11.6. The van der Waals surface area contributed by atoms with Gasteiger partial charge in [-0.2, -0.15) is 0 Å². The van der Waals surface area contributed by atoms with E-state index in [1.165, 1.54) is 18.4 Å². The highest BCUT2D eigenvalue weighted by Gasteiger charge is 2.18. The Bertz CT molecular complexity index is 665. The van der Waals surface area contributed by atoms with Crippen LogP contribution in [-0.2, 0) is 4.74 Å². The van der Waals surface area contributed by atoms with Crippen LogP contribution in [0.25, 0.3) is 10.6 Å². The van der Waals surface area contributed by atoms with E-state index in [9.17, 15) is 4.79 Å². The summed E-state index contributed by atoms with van der Waals surface area (Å²) in [5.41, 5.74) is 1.57. The van der Waals surface area contributed by atoms with Crippen LogP contribution >= 0.6 is 11.3 Å².